The van der Waals surface area contributed by atoms with Crippen molar-refractivity contribution in [1.82, 2.24) is 4.98 Å². The van der Waals surface area contributed by atoms with Crippen LogP contribution in [0, 0.1) is 0 Å². The minimum Gasteiger partial charge on any atom is -0.396 e. The monoisotopic (exact) mass is 379 g/mol. The van der Waals surface area contributed by atoms with Gasteiger partial charge in [0.25, 0.3) is 0 Å². The lowest BCUT2D eigenvalue weighted by Gasteiger charge is -2.24. The number of aliphatic hydroxyl groups is 1. The third-order valence-electron chi connectivity index (χ3n) is 4.68. The molecule has 25 heavy (non-hydrogen) atoms. The van der Waals surface area contributed by atoms with Gasteiger partial charge in [0.2, 0.25) is 0 Å². The van der Waals surface area contributed by atoms with E-state index in [2.05, 4.69) is 16.4 Å². The van der Waals surface area contributed by atoms with E-state index >= 15 is 0 Å². The summed E-state index contributed by atoms with van der Waals surface area (Å²) in [5.41, 5.74) is 3.13. The zero-order valence-corrected chi connectivity index (χ0v) is 15.5. The van der Waals surface area contributed by atoms with Crippen molar-refractivity contribution < 1.29 is 9.84 Å². The van der Waals surface area contributed by atoms with Crippen LogP contribution in [0.3, 0.4) is 0 Å². The second kappa shape index (κ2) is 7.58. The van der Waals surface area contributed by atoms with E-state index in [-0.39, 0.29) is 12.6 Å². The van der Waals surface area contributed by atoms with E-state index in [0.717, 1.165) is 70.6 Å². The Kier molecular flexibility index (Phi) is 5.22. The largest absolute Gasteiger partial charge is 0.396 e. The molecule has 1 unspecified atom stereocenters. The summed E-state index contributed by atoms with van der Waals surface area (Å²) in [4.78, 5) is 8.25. The lowest BCUT2D eigenvalue weighted by Crippen LogP contribution is -2.27. The Hall–Kier alpha value is -1.21. The molecule has 0 aliphatic carbocycles. The van der Waals surface area contributed by atoms with E-state index in [1.807, 2.05) is 12.1 Å². The van der Waals surface area contributed by atoms with Crippen LogP contribution in [0.4, 0.5) is 5.69 Å². The number of halogens is 1. The van der Waals surface area contributed by atoms with Crippen molar-refractivity contribution >= 4 is 45.0 Å². The molecule has 1 saturated heterocycles. The molecule has 1 aromatic carbocycles. The summed E-state index contributed by atoms with van der Waals surface area (Å²) in [6.45, 7) is 1.79. The molecule has 3 heterocycles. The van der Waals surface area contributed by atoms with Crippen LogP contribution >= 0.6 is 23.4 Å². The smallest absolute Gasteiger partial charge is 0.114 e. The number of benzene rings is 1. The van der Waals surface area contributed by atoms with Gasteiger partial charge in [0, 0.05) is 42.0 Å². The molecule has 7 heteroatoms. The Morgan fingerprint density at radius 1 is 1.32 bits per heavy atom. The van der Waals surface area contributed by atoms with Crippen LogP contribution in [-0.4, -0.2) is 52.8 Å². The summed E-state index contributed by atoms with van der Waals surface area (Å²) in [6.07, 6.45) is 2.74. The number of aromatic amines is 1. The van der Waals surface area contributed by atoms with E-state index in [1.165, 1.54) is 0 Å². The number of aliphatic imine (C=N–C) groups is 1. The number of thioether (sulfide) groups is 1. The number of hydrogen-bond donors (Lipinski definition) is 3. The van der Waals surface area contributed by atoms with E-state index in [9.17, 15) is 0 Å². The molecule has 3 N–H and O–H groups in total. The fourth-order valence-electron chi connectivity index (χ4n) is 3.36. The highest BCUT2D eigenvalue weighted by molar-refractivity contribution is 8.14. The van der Waals surface area contributed by atoms with Crippen LogP contribution < -0.4 is 5.32 Å². The molecule has 0 amide bonds. The minimum atomic E-state index is 0.184. The Morgan fingerprint density at radius 3 is 2.96 bits per heavy atom. The van der Waals surface area contributed by atoms with Crippen molar-refractivity contribution in [2.24, 2.45) is 4.99 Å². The van der Waals surface area contributed by atoms with E-state index in [1.54, 1.807) is 11.8 Å². The van der Waals surface area contributed by atoms with Crippen LogP contribution in [-0.2, 0) is 4.74 Å². The lowest BCUT2D eigenvalue weighted by molar-refractivity contribution is 0.0905. The molecule has 2 aliphatic heterocycles. The number of ether oxygens (including phenoxy) is 1. The molecule has 0 bridgehead atoms. The van der Waals surface area contributed by atoms with Gasteiger partial charge in [0.05, 0.1) is 22.9 Å². The van der Waals surface area contributed by atoms with E-state index in [4.69, 9.17) is 26.4 Å². The number of rotatable bonds is 5. The fourth-order valence-corrected chi connectivity index (χ4v) is 4.67. The topological polar surface area (TPSA) is 69.6 Å². The second-order valence-corrected chi connectivity index (χ2v) is 7.99. The minimum absolute atomic E-state index is 0.184. The van der Waals surface area contributed by atoms with Crippen molar-refractivity contribution in [3.05, 3.63) is 28.9 Å². The number of hydrogen-bond acceptors (Lipinski definition) is 5. The number of H-pyrrole nitrogens is 1. The molecule has 0 radical (unpaired) electrons. The number of aromatic nitrogens is 1. The van der Waals surface area contributed by atoms with Crippen LogP contribution in [0.2, 0.25) is 5.02 Å². The van der Waals surface area contributed by atoms with Gasteiger partial charge in [-0.1, -0.05) is 11.6 Å². The molecule has 0 spiro atoms. The first kappa shape index (κ1) is 17.2. The number of fused-ring (bicyclic) bond motifs is 1. The molecule has 2 aromatic rings. The lowest BCUT2D eigenvalue weighted by atomic mass is 10.1. The number of anilines is 1. The zero-order chi connectivity index (χ0) is 17.2. The maximum absolute atomic E-state index is 9.10. The summed E-state index contributed by atoms with van der Waals surface area (Å²) in [5.74, 6) is 0.930. The third-order valence-corrected chi connectivity index (χ3v) is 6.05. The van der Waals surface area contributed by atoms with Crippen molar-refractivity contribution in [2.45, 2.75) is 31.3 Å². The molecule has 1 atom stereocenters. The quantitative estimate of drug-likeness (QED) is 0.741. The van der Waals surface area contributed by atoms with Crippen LogP contribution in [0.1, 0.15) is 25.0 Å². The molecule has 134 valence electrons. The summed E-state index contributed by atoms with van der Waals surface area (Å²) >= 11 is 8.08. The Morgan fingerprint density at radius 2 is 2.16 bits per heavy atom. The van der Waals surface area contributed by atoms with E-state index in [0.29, 0.717) is 6.04 Å². The first-order chi connectivity index (χ1) is 12.2. The molecule has 4 rings (SSSR count). The molecular formula is C18H22ClN3O2S. The predicted molar refractivity (Wildman–Crippen MR) is 105 cm³/mol. The standard InChI is InChI=1S/C18H22ClN3O2S/c19-12-7-11-8-16(18-21-14(1-4-23)10-25-18)22-17(11)15(9-12)20-13-2-5-24-6-3-13/h7-9,13-14,20,22-23H,1-6,10H2. The molecule has 1 fully saturated rings. The van der Waals surface area contributed by atoms with Crippen molar-refractivity contribution in [1.29, 1.82) is 0 Å². The summed E-state index contributed by atoms with van der Waals surface area (Å²) in [7, 11) is 0. The van der Waals surface area contributed by atoms with Gasteiger partial charge in [-0.05, 0) is 37.5 Å². The highest BCUT2D eigenvalue weighted by Gasteiger charge is 2.21. The van der Waals surface area contributed by atoms with Crippen LogP contribution in [0.5, 0.6) is 0 Å². The number of nitrogens with one attached hydrogen (secondary N) is 2. The molecule has 0 saturated carbocycles. The fraction of sp³-hybridized carbons (Fsp3) is 0.500. The highest BCUT2D eigenvalue weighted by Crippen LogP contribution is 2.32. The van der Waals surface area contributed by atoms with Gasteiger partial charge in [-0.15, -0.1) is 11.8 Å². The van der Waals surface area contributed by atoms with Crippen LogP contribution in [0.25, 0.3) is 10.9 Å². The summed E-state index contributed by atoms with van der Waals surface area (Å²) < 4.78 is 5.44. The SMILES string of the molecule is OCCC1CSC(c2cc3cc(Cl)cc(NC4CCOCC4)c3[nH]2)=N1. The van der Waals surface area contributed by atoms with Gasteiger partial charge in [-0.3, -0.25) is 4.99 Å². The Balaban J connectivity index is 1.63. The third kappa shape index (κ3) is 3.82. The van der Waals surface area contributed by atoms with Gasteiger partial charge in [0.15, 0.2) is 0 Å². The average molecular weight is 380 g/mol. The van der Waals surface area contributed by atoms with Gasteiger partial charge in [-0.2, -0.15) is 0 Å². The molecular weight excluding hydrogens is 358 g/mol. The second-order valence-electron chi connectivity index (χ2n) is 6.54. The number of aliphatic hydroxyl groups excluding tert-OH is 1. The first-order valence-corrected chi connectivity index (χ1v) is 10.1. The average Bonchev–Trinajstić information content (AvgIpc) is 3.23. The molecule has 2 aliphatic rings. The van der Waals surface area contributed by atoms with Crippen molar-refractivity contribution in [3.63, 3.8) is 0 Å². The zero-order valence-electron chi connectivity index (χ0n) is 13.9. The van der Waals surface area contributed by atoms with Gasteiger partial charge in [0.1, 0.15) is 5.04 Å². The van der Waals surface area contributed by atoms with Crippen molar-refractivity contribution in [3.8, 4) is 0 Å². The maximum Gasteiger partial charge on any atom is 0.114 e. The van der Waals surface area contributed by atoms with Crippen molar-refractivity contribution in [2.75, 3.05) is 30.9 Å². The normalized spacial score (nSPS) is 21.7. The highest BCUT2D eigenvalue weighted by atomic mass is 35.5. The summed E-state index contributed by atoms with van der Waals surface area (Å²) in [5, 5.41) is 15.6. The maximum atomic E-state index is 9.10. The van der Waals surface area contributed by atoms with Gasteiger partial charge in [-0.25, -0.2) is 0 Å². The van der Waals surface area contributed by atoms with Gasteiger partial charge < -0.3 is 20.1 Å². The predicted octanol–water partition coefficient (Wildman–Crippen LogP) is 3.66. The van der Waals surface area contributed by atoms with E-state index < -0.39 is 0 Å². The molecule has 1 aromatic heterocycles. The number of nitrogens with zero attached hydrogens (tertiary/aromatic N) is 1. The van der Waals surface area contributed by atoms with Gasteiger partial charge >= 0.3 is 0 Å². The Bertz CT molecular complexity index is 786. The summed E-state index contributed by atoms with van der Waals surface area (Å²) in [6, 6.07) is 6.70. The first-order valence-electron chi connectivity index (χ1n) is 8.71. The van der Waals surface area contributed by atoms with Crippen LogP contribution in [0.15, 0.2) is 23.2 Å². The molecule has 5 nitrogen and oxygen atoms in total. The Labute approximate surface area is 156 Å².